The number of rotatable bonds is 5. The number of hydrogen-bond acceptors (Lipinski definition) is 2. The van der Waals surface area contributed by atoms with E-state index in [-0.39, 0.29) is 0 Å². The average molecular weight is 184 g/mol. The van der Waals surface area contributed by atoms with E-state index in [4.69, 9.17) is 0 Å². The largest absolute Gasteiger partial charge is 0.317 e. The minimum absolute atomic E-state index is 1.01. The molecule has 13 heavy (non-hydrogen) atoms. The third kappa shape index (κ3) is 4.63. The minimum atomic E-state index is 1.01. The smallest absolute Gasteiger partial charge is 0.00218 e. The molecular weight excluding hydrogens is 160 g/mol. The van der Waals surface area contributed by atoms with Crippen LogP contribution < -0.4 is 5.32 Å². The monoisotopic (exact) mass is 184 g/mol. The Morgan fingerprint density at radius 3 is 2.62 bits per heavy atom. The second kappa shape index (κ2) is 6.39. The van der Waals surface area contributed by atoms with E-state index in [9.17, 15) is 0 Å². The fourth-order valence-corrected chi connectivity index (χ4v) is 1.98. The van der Waals surface area contributed by atoms with Crippen molar-refractivity contribution >= 4 is 0 Å². The van der Waals surface area contributed by atoms with Gasteiger partial charge in [0.05, 0.1) is 0 Å². The third-order valence-corrected chi connectivity index (χ3v) is 3.15. The number of piperidine rings is 1. The predicted octanol–water partition coefficient (Wildman–Crippen LogP) is 1.72. The fourth-order valence-electron chi connectivity index (χ4n) is 1.98. The Balaban J connectivity index is 1.98. The van der Waals surface area contributed by atoms with Crippen LogP contribution in [0.5, 0.6) is 0 Å². The van der Waals surface area contributed by atoms with E-state index in [0.717, 1.165) is 5.92 Å². The predicted molar refractivity (Wildman–Crippen MR) is 58.0 cm³/mol. The SMILES string of the molecule is CCN(C)CCCC1CCNCC1. The van der Waals surface area contributed by atoms with E-state index < -0.39 is 0 Å². The lowest BCUT2D eigenvalue weighted by Gasteiger charge is -2.23. The molecule has 0 atom stereocenters. The van der Waals surface area contributed by atoms with Gasteiger partial charge in [0.1, 0.15) is 0 Å². The van der Waals surface area contributed by atoms with Gasteiger partial charge in [-0.25, -0.2) is 0 Å². The van der Waals surface area contributed by atoms with Gasteiger partial charge in [0, 0.05) is 0 Å². The van der Waals surface area contributed by atoms with Crippen LogP contribution in [0, 0.1) is 5.92 Å². The highest BCUT2D eigenvalue weighted by Gasteiger charge is 2.12. The Morgan fingerprint density at radius 2 is 2.00 bits per heavy atom. The number of nitrogens with zero attached hydrogens (tertiary/aromatic N) is 1. The minimum Gasteiger partial charge on any atom is -0.317 e. The molecule has 78 valence electrons. The van der Waals surface area contributed by atoms with Crippen molar-refractivity contribution in [3.63, 3.8) is 0 Å². The first kappa shape index (κ1) is 11.0. The van der Waals surface area contributed by atoms with Crippen molar-refractivity contribution in [2.24, 2.45) is 5.92 Å². The van der Waals surface area contributed by atoms with Crippen molar-refractivity contribution in [1.29, 1.82) is 0 Å². The van der Waals surface area contributed by atoms with Gasteiger partial charge in [-0.05, 0) is 64.8 Å². The Kier molecular flexibility index (Phi) is 5.40. The van der Waals surface area contributed by atoms with Gasteiger partial charge in [0.15, 0.2) is 0 Å². The zero-order valence-electron chi connectivity index (χ0n) is 9.18. The van der Waals surface area contributed by atoms with E-state index in [1.807, 2.05) is 0 Å². The molecule has 0 saturated carbocycles. The van der Waals surface area contributed by atoms with Crippen molar-refractivity contribution in [3.8, 4) is 0 Å². The molecule has 1 fully saturated rings. The van der Waals surface area contributed by atoms with Gasteiger partial charge in [-0.3, -0.25) is 0 Å². The van der Waals surface area contributed by atoms with Crippen molar-refractivity contribution < 1.29 is 0 Å². The second-order valence-electron chi connectivity index (χ2n) is 4.23. The zero-order chi connectivity index (χ0) is 9.52. The molecule has 0 unspecified atom stereocenters. The highest BCUT2D eigenvalue weighted by Crippen LogP contribution is 2.17. The first-order valence-electron chi connectivity index (χ1n) is 5.72. The number of hydrogen-bond donors (Lipinski definition) is 1. The molecule has 1 aliphatic rings. The molecule has 0 aliphatic carbocycles. The maximum Gasteiger partial charge on any atom is -0.00218 e. The standard InChI is InChI=1S/C11H24N2/c1-3-13(2)10-4-5-11-6-8-12-9-7-11/h11-12H,3-10H2,1-2H3. The van der Waals surface area contributed by atoms with E-state index in [0.29, 0.717) is 0 Å². The molecule has 1 aliphatic heterocycles. The van der Waals surface area contributed by atoms with Crippen LogP contribution in [0.1, 0.15) is 32.6 Å². The Morgan fingerprint density at radius 1 is 1.31 bits per heavy atom. The summed E-state index contributed by atoms with van der Waals surface area (Å²) in [5.74, 6) is 1.01. The van der Waals surface area contributed by atoms with Crippen LogP contribution in [0.25, 0.3) is 0 Å². The van der Waals surface area contributed by atoms with Crippen LogP contribution in [0.3, 0.4) is 0 Å². The summed E-state index contributed by atoms with van der Waals surface area (Å²) in [7, 11) is 2.21. The van der Waals surface area contributed by atoms with Crippen molar-refractivity contribution in [1.82, 2.24) is 10.2 Å². The molecule has 0 spiro atoms. The van der Waals surface area contributed by atoms with Crippen LogP contribution in [0.2, 0.25) is 0 Å². The zero-order valence-corrected chi connectivity index (χ0v) is 9.18. The maximum atomic E-state index is 3.41. The van der Waals surface area contributed by atoms with Gasteiger partial charge < -0.3 is 10.2 Å². The molecule has 0 amide bonds. The van der Waals surface area contributed by atoms with Crippen molar-refractivity contribution in [3.05, 3.63) is 0 Å². The lowest BCUT2D eigenvalue weighted by atomic mass is 9.93. The fraction of sp³-hybridized carbons (Fsp3) is 1.00. The summed E-state index contributed by atoms with van der Waals surface area (Å²) in [6.45, 7) is 7.18. The topological polar surface area (TPSA) is 15.3 Å². The lowest BCUT2D eigenvalue weighted by molar-refractivity contribution is 0.299. The molecule has 0 aromatic carbocycles. The van der Waals surface area contributed by atoms with E-state index >= 15 is 0 Å². The van der Waals surface area contributed by atoms with Crippen LogP contribution >= 0.6 is 0 Å². The van der Waals surface area contributed by atoms with Crippen LogP contribution in [-0.4, -0.2) is 38.1 Å². The molecule has 2 heteroatoms. The Hall–Kier alpha value is -0.0800. The summed E-state index contributed by atoms with van der Waals surface area (Å²) in [6.07, 6.45) is 5.62. The van der Waals surface area contributed by atoms with Gasteiger partial charge >= 0.3 is 0 Å². The Labute approximate surface area is 82.7 Å². The highest BCUT2D eigenvalue weighted by atomic mass is 15.1. The maximum absolute atomic E-state index is 3.41. The summed E-state index contributed by atoms with van der Waals surface area (Å²) < 4.78 is 0. The van der Waals surface area contributed by atoms with Gasteiger partial charge in [-0.1, -0.05) is 6.92 Å². The lowest BCUT2D eigenvalue weighted by Crippen LogP contribution is -2.28. The molecule has 0 bridgehead atoms. The van der Waals surface area contributed by atoms with Gasteiger partial charge in [-0.2, -0.15) is 0 Å². The molecular formula is C11H24N2. The quantitative estimate of drug-likeness (QED) is 0.700. The van der Waals surface area contributed by atoms with E-state index in [1.54, 1.807) is 0 Å². The van der Waals surface area contributed by atoms with Crippen molar-refractivity contribution in [2.45, 2.75) is 32.6 Å². The van der Waals surface area contributed by atoms with Crippen molar-refractivity contribution in [2.75, 3.05) is 33.2 Å². The summed E-state index contributed by atoms with van der Waals surface area (Å²) in [6, 6.07) is 0. The summed E-state index contributed by atoms with van der Waals surface area (Å²) in [5.41, 5.74) is 0. The summed E-state index contributed by atoms with van der Waals surface area (Å²) in [4.78, 5) is 2.40. The molecule has 0 radical (unpaired) electrons. The van der Waals surface area contributed by atoms with Gasteiger partial charge in [0.25, 0.3) is 0 Å². The Bertz CT molecular complexity index is 119. The third-order valence-electron chi connectivity index (χ3n) is 3.15. The highest BCUT2D eigenvalue weighted by molar-refractivity contribution is 4.68. The van der Waals surface area contributed by atoms with Gasteiger partial charge in [0.2, 0.25) is 0 Å². The summed E-state index contributed by atoms with van der Waals surface area (Å²) >= 11 is 0. The van der Waals surface area contributed by atoms with Crippen LogP contribution in [-0.2, 0) is 0 Å². The molecule has 1 saturated heterocycles. The first-order valence-corrected chi connectivity index (χ1v) is 5.72. The van der Waals surface area contributed by atoms with E-state index in [2.05, 4.69) is 24.2 Å². The summed E-state index contributed by atoms with van der Waals surface area (Å²) in [5, 5.41) is 3.41. The normalized spacial score (nSPS) is 19.6. The first-order chi connectivity index (χ1) is 6.33. The molecule has 0 aromatic heterocycles. The molecule has 1 rings (SSSR count). The van der Waals surface area contributed by atoms with Gasteiger partial charge in [-0.15, -0.1) is 0 Å². The molecule has 2 nitrogen and oxygen atoms in total. The average Bonchev–Trinajstić information content (AvgIpc) is 2.19. The second-order valence-corrected chi connectivity index (χ2v) is 4.23. The molecule has 1 N–H and O–H groups in total. The molecule has 0 aromatic rings. The number of nitrogens with one attached hydrogen (secondary N) is 1. The van der Waals surface area contributed by atoms with Crippen LogP contribution in [0.4, 0.5) is 0 Å². The van der Waals surface area contributed by atoms with Crippen LogP contribution in [0.15, 0.2) is 0 Å². The molecule has 1 heterocycles. The van der Waals surface area contributed by atoms with E-state index in [1.165, 1.54) is 51.9 Å².